The molecule has 5 aliphatic rings. The molecule has 4 atom stereocenters. The molecule has 0 spiro atoms. The minimum absolute atomic E-state index is 0.925. The van der Waals surface area contributed by atoms with Crippen molar-refractivity contribution in [3.05, 3.63) is 60.8 Å². The lowest BCUT2D eigenvalue weighted by Gasteiger charge is -2.18. The van der Waals surface area contributed by atoms with Gasteiger partial charge in [-0.25, -0.2) is 0 Å². The van der Waals surface area contributed by atoms with Gasteiger partial charge in [-0.2, -0.15) is 0 Å². The minimum atomic E-state index is 0.925. The highest BCUT2D eigenvalue weighted by Crippen LogP contribution is 2.52. The maximum absolute atomic E-state index is 2.44. The largest absolute Gasteiger partial charge is 0.0885 e. The highest BCUT2D eigenvalue weighted by Gasteiger charge is 2.44. The molecule has 106 valence electrons. The predicted octanol–water partition coefficient (Wildman–Crippen LogP) is 5.61. The molecular formula is C20H26. The van der Waals surface area contributed by atoms with Crippen LogP contribution in [0, 0.1) is 23.7 Å². The van der Waals surface area contributed by atoms with Crippen molar-refractivity contribution in [2.24, 2.45) is 23.7 Å². The molecule has 0 saturated heterocycles. The monoisotopic (exact) mass is 266 g/mol. The van der Waals surface area contributed by atoms with E-state index >= 15 is 0 Å². The van der Waals surface area contributed by atoms with E-state index in [1.54, 1.807) is 0 Å². The lowest BCUT2D eigenvalue weighted by atomic mass is 9.86. The highest BCUT2D eigenvalue weighted by molar-refractivity contribution is 5.21. The number of fused-ring (bicyclic) bond motifs is 5. The Bertz CT molecular complexity index is 431. The van der Waals surface area contributed by atoms with Crippen molar-refractivity contribution in [2.75, 3.05) is 0 Å². The van der Waals surface area contributed by atoms with Gasteiger partial charge in [-0.1, -0.05) is 60.8 Å². The fraction of sp³-hybridized carbons (Fsp3) is 0.500. The smallest absolute Gasteiger partial charge is 0.0133 e. The highest BCUT2D eigenvalue weighted by atomic mass is 14.5. The molecule has 20 heavy (non-hydrogen) atoms. The van der Waals surface area contributed by atoms with Crippen LogP contribution in [-0.2, 0) is 0 Å². The zero-order chi connectivity index (χ0) is 13.6. The summed E-state index contributed by atoms with van der Waals surface area (Å²) in [6.45, 7) is 0. The minimum Gasteiger partial charge on any atom is -0.0885 e. The van der Waals surface area contributed by atoms with Crippen molar-refractivity contribution in [3.8, 4) is 0 Å². The van der Waals surface area contributed by atoms with E-state index in [0.717, 1.165) is 30.1 Å². The quantitative estimate of drug-likeness (QED) is 0.500. The molecule has 5 aliphatic carbocycles. The predicted molar refractivity (Wildman–Crippen MR) is 87.4 cm³/mol. The first-order valence-corrected chi connectivity index (χ1v) is 8.27. The summed E-state index contributed by atoms with van der Waals surface area (Å²) >= 11 is 0. The summed E-state index contributed by atoms with van der Waals surface area (Å²) in [6, 6.07) is 0. The van der Waals surface area contributed by atoms with Crippen LogP contribution in [0.3, 0.4) is 0 Å². The maximum Gasteiger partial charge on any atom is -0.0133 e. The summed E-state index contributed by atoms with van der Waals surface area (Å²) in [7, 11) is 0. The van der Waals surface area contributed by atoms with Crippen molar-refractivity contribution < 1.29 is 0 Å². The van der Waals surface area contributed by atoms with Crippen molar-refractivity contribution in [2.45, 2.75) is 38.5 Å². The van der Waals surface area contributed by atoms with Crippen LogP contribution in [0.5, 0.6) is 0 Å². The van der Waals surface area contributed by atoms with Gasteiger partial charge < -0.3 is 0 Å². The van der Waals surface area contributed by atoms with E-state index in [1.165, 1.54) is 32.1 Å². The summed E-state index contributed by atoms with van der Waals surface area (Å²) in [5.74, 6) is 3.82. The Hall–Kier alpha value is -1.30. The second kappa shape index (κ2) is 6.92. The van der Waals surface area contributed by atoms with Crippen molar-refractivity contribution >= 4 is 0 Å². The number of rotatable bonds is 0. The molecule has 0 N–H and O–H groups in total. The summed E-state index contributed by atoms with van der Waals surface area (Å²) in [6.07, 6.45) is 30.5. The Balaban J connectivity index is 0.000000103. The molecule has 0 amide bonds. The van der Waals surface area contributed by atoms with Gasteiger partial charge >= 0.3 is 0 Å². The Labute approximate surface area is 123 Å². The topological polar surface area (TPSA) is 0 Å². The van der Waals surface area contributed by atoms with Crippen LogP contribution in [0.4, 0.5) is 0 Å². The molecule has 0 radical (unpaired) electrons. The Morgan fingerprint density at radius 1 is 0.700 bits per heavy atom. The molecule has 5 rings (SSSR count). The van der Waals surface area contributed by atoms with Gasteiger partial charge in [0, 0.05) is 0 Å². The lowest BCUT2D eigenvalue weighted by Crippen LogP contribution is -2.12. The fourth-order valence-corrected chi connectivity index (χ4v) is 3.96. The summed E-state index contributed by atoms with van der Waals surface area (Å²) < 4.78 is 0. The molecule has 0 aromatic carbocycles. The maximum atomic E-state index is 2.44. The van der Waals surface area contributed by atoms with Crippen molar-refractivity contribution in [1.29, 1.82) is 0 Å². The third kappa shape index (κ3) is 3.23. The van der Waals surface area contributed by atoms with Gasteiger partial charge in [0.2, 0.25) is 0 Å². The molecule has 0 aliphatic heterocycles. The van der Waals surface area contributed by atoms with Crippen LogP contribution < -0.4 is 0 Å². The first kappa shape index (κ1) is 13.7. The van der Waals surface area contributed by atoms with Crippen molar-refractivity contribution in [1.82, 2.24) is 0 Å². The first-order chi connectivity index (χ1) is 9.95. The van der Waals surface area contributed by atoms with Crippen LogP contribution in [0.2, 0.25) is 0 Å². The van der Waals surface area contributed by atoms with Gasteiger partial charge in [-0.15, -0.1) is 0 Å². The molecule has 0 heterocycles. The average molecular weight is 266 g/mol. The van der Waals surface area contributed by atoms with Gasteiger partial charge in [0.15, 0.2) is 0 Å². The van der Waals surface area contributed by atoms with Gasteiger partial charge in [-0.3, -0.25) is 0 Å². The standard InChI is InChI=1S/C10H12.C5H8.C5H6/c1-2-9-7-4-5-8(6-7)10(9)3-1;2*1-2-4-5-3-1/h1-2,4-5,7-10H,3,6H2;1-2H,3-5H2;1-4H,5H2. The molecule has 0 heteroatoms. The van der Waals surface area contributed by atoms with Gasteiger partial charge in [0.1, 0.15) is 0 Å². The van der Waals surface area contributed by atoms with Crippen LogP contribution >= 0.6 is 0 Å². The van der Waals surface area contributed by atoms with E-state index in [9.17, 15) is 0 Å². The van der Waals surface area contributed by atoms with Gasteiger partial charge in [0.25, 0.3) is 0 Å². The SMILES string of the molecule is C1=CC2C3C=CC(C3)C2C1.C1=CCC=C1.C1=CCCC1. The van der Waals surface area contributed by atoms with E-state index in [1.807, 2.05) is 0 Å². The fourth-order valence-electron chi connectivity index (χ4n) is 3.96. The van der Waals surface area contributed by atoms with Crippen LogP contribution in [0.1, 0.15) is 38.5 Å². The molecule has 0 aromatic rings. The van der Waals surface area contributed by atoms with E-state index < -0.39 is 0 Å². The zero-order valence-electron chi connectivity index (χ0n) is 12.3. The number of hydrogen-bond donors (Lipinski definition) is 0. The Morgan fingerprint density at radius 3 is 2.00 bits per heavy atom. The molecule has 1 fully saturated rings. The van der Waals surface area contributed by atoms with Crippen LogP contribution in [0.25, 0.3) is 0 Å². The summed E-state index contributed by atoms with van der Waals surface area (Å²) in [4.78, 5) is 0. The molecular weight excluding hydrogens is 240 g/mol. The molecule has 0 aromatic heterocycles. The third-order valence-corrected chi connectivity index (χ3v) is 5.02. The molecule has 4 unspecified atom stereocenters. The Kier molecular flexibility index (Phi) is 4.73. The normalized spacial score (nSPS) is 36.8. The third-order valence-electron chi connectivity index (χ3n) is 5.02. The molecule has 0 nitrogen and oxygen atoms in total. The van der Waals surface area contributed by atoms with Gasteiger partial charge in [0.05, 0.1) is 0 Å². The molecule has 2 bridgehead atoms. The van der Waals surface area contributed by atoms with Crippen LogP contribution in [0.15, 0.2) is 60.8 Å². The number of hydrogen-bond acceptors (Lipinski definition) is 0. The molecule has 1 saturated carbocycles. The summed E-state index contributed by atoms with van der Waals surface area (Å²) in [5, 5.41) is 0. The van der Waals surface area contributed by atoms with Crippen LogP contribution in [-0.4, -0.2) is 0 Å². The number of allylic oxidation sites excluding steroid dienone is 10. The zero-order valence-corrected chi connectivity index (χ0v) is 12.3. The van der Waals surface area contributed by atoms with E-state index in [-0.39, 0.29) is 0 Å². The van der Waals surface area contributed by atoms with Gasteiger partial charge in [-0.05, 0) is 62.2 Å². The second-order valence-electron chi connectivity index (χ2n) is 6.35. The van der Waals surface area contributed by atoms with E-state index in [4.69, 9.17) is 0 Å². The Morgan fingerprint density at radius 2 is 1.45 bits per heavy atom. The van der Waals surface area contributed by atoms with E-state index in [0.29, 0.717) is 0 Å². The average Bonchev–Trinajstić information content (AvgIpc) is 3.34. The van der Waals surface area contributed by atoms with E-state index in [2.05, 4.69) is 60.8 Å². The van der Waals surface area contributed by atoms with Crippen molar-refractivity contribution in [3.63, 3.8) is 0 Å². The second-order valence-corrected chi connectivity index (χ2v) is 6.35. The lowest BCUT2D eigenvalue weighted by molar-refractivity contribution is 0.398. The first-order valence-electron chi connectivity index (χ1n) is 8.27. The summed E-state index contributed by atoms with van der Waals surface area (Å²) in [5.41, 5.74) is 0.